The number of rotatable bonds is 5. The summed E-state index contributed by atoms with van der Waals surface area (Å²) in [6.45, 7) is 33.7. The quantitative estimate of drug-likeness (QED) is 0.103. The third-order valence-electron chi connectivity index (χ3n) is 10.6. The first-order valence-corrected chi connectivity index (χ1v) is 19.7. The molecule has 328 valence electrons. The Morgan fingerprint density at radius 1 is 0.639 bits per heavy atom. The largest absolute Gasteiger partial charge is 0.494 e. The SMILES string of the molecule is C=C.CC(C)(C)c1cnc(C(=O)Nc2cc(B3OC(C)(C)C(C)(C)O3)ccc2F)cn1.CC(C)(C)c1cnc(C(=O)O)cn1.CC1(C)OB(c2ccc(F)c(N)c2)OC1(C)C. The number of nitrogens with zero attached hydrogens (tertiary/aromatic N) is 4. The van der Waals surface area contributed by atoms with E-state index in [9.17, 15) is 18.4 Å². The fraction of sp³-hybridized carbons (Fsp3) is 0.455. The molecule has 0 atom stereocenters. The molecule has 4 aromatic rings. The number of benzene rings is 2. The summed E-state index contributed by atoms with van der Waals surface area (Å²) in [5.41, 5.74) is 6.58. The highest BCUT2D eigenvalue weighted by Crippen LogP contribution is 2.38. The van der Waals surface area contributed by atoms with Gasteiger partial charge in [-0.05, 0) is 90.6 Å². The van der Waals surface area contributed by atoms with Crippen LogP contribution >= 0.6 is 0 Å². The topological polar surface area (TPSA) is 181 Å². The summed E-state index contributed by atoms with van der Waals surface area (Å²) >= 11 is 0. The van der Waals surface area contributed by atoms with Gasteiger partial charge in [-0.1, -0.05) is 53.7 Å². The van der Waals surface area contributed by atoms with Crippen LogP contribution in [0, 0.1) is 11.6 Å². The van der Waals surface area contributed by atoms with Crippen molar-refractivity contribution in [3.8, 4) is 0 Å². The van der Waals surface area contributed by atoms with E-state index in [2.05, 4.69) is 38.4 Å². The lowest BCUT2D eigenvalue weighted by Gasteiger charge is -2.32. The van der Waals surface area contributed by atoms with Crippen LogP contribution in [0.2, 0.25) is 0 Å². The van der Waals surface area contributed by atoms with E-state index in [-0.39, 0.29) is 33.6 Å². The molecule has 0 saturated carbocycles. The van der Waals surface area contributed by atoms with Gasteiger partial charge in [-0.3, -0.25) is 14.8 Å². The maximum absolute atomic E-state index is 14.3. The molecule has 2 saturated heterocycles. The van der Waals surface area contributed by atoms with Gasteiger partial charge < -0.3 is 34.8 Å². The van der Waals surface area contributed by atoms with E-state index in [0.29, 0.717) is 5.46 Å². The zero-order chi connectivity index (χ0) is 46.5. The lowest BCUT2D eigenvalue weighted by Crippen LogP contribution is -2.41. The smallest absolute Gasteiger partial charge is 0.476 e. The van der Waals surface area contributed by atoms with Crippen molar-refractivity contribution >= 4 is 48.4 Å². The molecule has 4 N–H and O–H groups in total. The number of carboxylic acids is 1. The third kappa shape index (κ3) is 12.5. The molecule has 2 aliphatic heterocycles. The number of halogens is 2. The second-order valence-corrected chi connectivity index (χ2v) is 18.5. The van der Waals surface area contributed by atoms with E-state index in [1.165, 1.54) is 36.8 Å². The number of hydrogen-bond acceptors (Lipinski definition) is 11. The van der Waals surface area contributed by atoms with Crippen LogP contribution in [-0.4, -0.2) is 73.6 Å². The van der Waals surface area contributed by atoms with Gasteiger partial charge >= 0.3 is 20.2 Å². The van der Waals surface area contributed by atoms with E-state index in [0.717, 1.165) is 16.9 Å². The zero-order valence-corrected chi connectivity index (χ0v) is 37.9. The summed E-state index contributed by atoms with van der Waals surface area (Å²) in [4.78, 5) is 39.2. The third-order valence-corrected chi connectivity index (χ3v) is 10.6. The number of anilines is 2. The first-order chi connectivity index (χ1) is 27.9. The summed E-state index contributed by atoms with van der Waals surface area (Å²) in [6, 6.07) is 8.91. The Morgan fingerprint density at radius 2 is 1.02 bits per heavy atom. The van der Waals surface area contributed by atoms with E-state index >= 15 is 0 Å². The molecule has 0 aliphatic carbocycles. The molecule has 0 unspecified atom stereocenters. The molecule has 1 amide bonds. The fourth-order valence-electron chi connectivity index (χ4n) is 5.30. The summed E-state index contributed by atoms with van der Waals surface area (Å²) in [6.07, 6.45) is 5.74. The molecule has 2 aromatic heterocycles. The molecular weight excluding hydrogens is 784 g/mol. The van der Waals surface area contributed by atoms with Crippen LogP contribution in [0.15, 0.2) is 74.3 Å². The zero-order valence-electron chi connectivity index (χ0n) is 37.9. The van der Waals surface area contributed by atoms with Gasteiger partial charge in [0.1, 0.15) is 17.3 Å². The fourth-order valence-corrected chi connectivity index (χ4v) is 5.30. The van der Waals surface area contributed by atoms with Gasteiger partial charge in [0.15, 0.2) is 5.69 Å². The number of nitrogen functional groups attached to an aromatic ring is 1. The van der Waals surface area contributed by atoms with Crippen LogP contribution in [0.5, 0.6) is 0 Å². The molecule has 61 heavy (non-hydrogen) atoms. The molecule has 13 nitrogen and oxygen atoms in total. The van der Waals surface area contributed by atoms with Crippen LogP contribution in [0.3, 0.4) is 0 Å². The Morgan fingerprint density at radius 3 is 1.36 bits per heavy atom. The predicted octanol–water partition coefficient (Wildman–Crippen LogP) is 7.45. The van der Waals surface area contributed by atoms with Crippen molar-refractivity contribution in [2.24, 2.45) is 0 Å². The average Bonchev–Trinajstić information content (AvgIpc) is 3.53. The maximum atomic E-state index is 14.3. The predicted molar refractivity (Wildman–Crippen MR) is 236 cm³/mol. The first kappa shape index (κ1) is 50.3. The van der Waals surface area contributed by atoms with Crippen LogP contribution in [0.4, 0.5) is 20.2 Å². The average molecular weight is 845 g/mol. The van der Waals surface area contributed by atoms with Gasteiger partial charge in [0.2, 0.25) is 0 Å². The van der Waals surface area contributed by atoms with Crippen molar-refractivity contribution in [1.82, 2.24) is 19.9 Å². The highest BCUT2D eigenvalue weighted by molar-refractivity contribution is 6.62. The van der Waals surface area contributed by atoms with E-state index in [4.69, 9.17) is 29.5 Å². The van der Waals surface area contributed by atoms with Crippen molar-refractivity contribution in [1.29, 1.82) is 0 Å². The standard InChI is InChI=1S/C21H27BFN3O3.C12H17BFNO2.C9H12N2O2.C2H4/c1-19(2,3)17-12-24-16(11-25-17)18(27)26-15-10-13(8-9-14(15)23)22-28-20(4,5)21(6,7)29-22;1-11(2)12(3,4)17-13(16-11)8-5-6-9(14)10(15)7-8;1-9(2,3)7-5-10-6(4-11-7)8(12)13;1-2/h8-12H,1-7H3,(H,26,27);5-7H,15H2,1-4H3;4-5H,1-3H3,(H,12,13);1-2H2. The number of nitrogens with one attached hydrogen (secondary N) is 1. The lowest BCUT2D eigenvalue weighted by atomic mass is 9.79. The highest BCUT2D eigenvalue weighted by atomic mass is 19.1. The Labute approximate surface area is 359 Å². The van der Waals surface area contributed by atoms with Crippen molar-refractivity contribution in [2.75, 3.05) is 11.1 Å². The Balaban J connectivity index is 0.000000262. The number of amides is 1. The van der Waals surface area contributed by atoms with Crippen molar-refractivity contribution < 1.29 is 42.1 Å². The van der Waals surface area contributed by atoms with Crippen molar-refractivity contribution in [2.45, 2.75) is 130 Å². The number of aromatic carboxylic acids is 1. The molecular formula is C44H60B2F2N6O7. The summed E-state index contributed by atoms with van der Waals surface area (Å²) in [7, 11) is -1.15. The molecule has 2 aliphatic rings. The van der Waals surface area contributed by atoms with Gasteiger partial charge in [-0.15, -0.1) is 13.2 Å². The van der Waals surface area contributed by atoms with Gasteiger partial charge in [0.05, 0.1) is 57.6 Å². The number of carboxylic acid groups (broad SMARTS) is 1. The molecule has 4 heterocycles. The van der Waals surface area contributed by atoms with Crippen LogP contribution in [-0.2, 0) is 29.4 Å². The molecule has 0 radical (unpaired) electrons. The van der Waals surface area contributed by atoms with E-state index in [1.54, 1.807) is 24.4 Å². The lowest BCUT2D eigenvalue weighted by molar-refractivity contribution is 0.00578. The van der Waals surface area contributed by atoms with Gasteiger partial charge in [0.25, 0.3) is 5.91 Å². The van der Waals surface area contributed by atoms with E-state index < -0.39 is 60.2 Å². The maximum Gasteiger partial charge on any atom is 0.494 e. The van der Waals surface area contributed by atoms with Gasteiger partial charge in [-0.2, -0.15) is 0 Å². The Hall–Kier alpha value is -5.09. The Bertz CT molecular complexity index is 2130. The molecule has 17 heteroatoms. The first-order valence-electron chi connectivity index (χ1n) is 19.7. The van der Waals surface area contributed by atoms with Gasteiger partial charge in [-0.25, -0.2) is 23.5 Å². The molecule has 0 spiro atoms. The minimum atomic E-state index is -1.05. The monoisotopic (exact) mass is 844 g/mol. The molecule has 2 fully saturated rings. The van der Waals surface area contributed by atoms with Crippen molar-refractivity contribution in [3.05, 3.63) is 109 Å². The number of aromatic nitrogens is 4. The number of hydrogen-bond donors (Lipinski definition) is 3. The van der Waals surface area contributed by atoms with Crippen LogP contribution in [0.25, 0.3) is 0 Å². The highest BCUT2D eigenvalue weighted by Gasteiger charge is 2.52. The second kappa shape index (κ2) is 18.9. The number of carbonyl (C=O) groups excluding carboxylic acids is 1. The number of nitrogens with two attached hydrogens (primary N) is 1. The van der Waals surface area contributed by atoms with Crippen LogP contribution < -0.4 is 22.0 Å². The summed E-state index contributed by atoms with van der Waals surface area (Å²) in [5, 5.41) is 11.1. The molecule has 2 aromatic carbocycles. The van der Waals surface area contributed by atoms with Gasteiger partial charge in [0, 0.05) is 23.2 Å². The number of carbonyl (C=O) groups is 2. The molecule has 0 bridgehead atoms. The minimum Gasteiger partial charge on any atom is -0.476 e. The summed E-state index contributed by atoms with van der Waals surface area (Å²) < 4.78 is 51.1. The van der Waals surface area contributed by atoms with Crippen LogP contribution in [0.1, 0.15) is 129 Å². The normalized spacial score (nSPS) is 17.1. The van der Waals surface area contributed by atoms with Crippen molar-refractivity contribution in [3.63, 3.8) is 0 Å². The van der Waals surface area contributed by atoms with E-state index in [1.807, 2.05) is 96.9 Å². The minimum absolute atomic E-state index is 0.0204. The second-order valence-electron chi connectivity index (χ2n) is 18.5. The molecule has 6 rings (SSSR count). The summed E-state index contributed by atoms with van der Waals surface area (Å²) in [5.74, 6) is -2.57. The Kier molecular flexibility index (Phi) is 15.6.